The molecule has 0 aliphatic heterocycles. The van der Waals surface area contributed by atoms with Gasteiger partial charge in [-0.15, -0.1) is 13.2 Å². The Balaban J connectivity index is 1.96. The zero-order valence-electron chi connectivity index (χ0n) is 21.2. The highest BCUT2D eigenvalue weighted by Crippen LogP contribution is 2.42. The molecule has 0 aromatic heterocycles. The molecule has 0 saturated carbocycles. The van der Waals surface area contributed by atoms with Gasteiger partial charge in [0.15, 0.2) is 11.5 Å². The SMILES string of the molecule is COC(=O)C(=O)N(CCCCc1ccccc1)c1cc(-c2ccc(OC(F)(F)F)cc2)cc(OC)c1OC. The quantitative estimate of drug-likeness (QED) is 0.187. The van der Waals surface area contributed by atoms with Gasteiger partial charge in [-0.3, -0.25) is 9.69 Å². The van der Waals surface area contributed by atoms with E-state index in [1.165, 1.54) is 43.4 Å². The maximum Gasteiger partial charge on any atom is 0.573 e. The lowest BCUT2D eigenvalue weighted by Gasteiger charge is -2.25. The van der Waals surface area contributed by atoms with Crippen molar-refractivity contribution in [1.29, 1.82) is 0 Å². The second-order valence-corrected chi connectivity index (χ2v) is 8.19. The molecule has 0 bridgehead atoms. The number of rotatable bonds is 10. The highest BCUT2D eigenvalue weighted by Gasteiger charge is 2.31. The maximum absolute atomic E-state index is 13.1. The molecule has 3 rings (SSSR count). The van der Waals surface area contributed by atoms with Crippen LogP contribution in [0.1, 0.15) is 18.4 Å². The lowest BCUT2D eigenvalue weighted by Crippen LogP contribution is -2.38. The third kappa shape index (κ3) is 7.41. The number of esters is 1. The topological polar surface area (TPSA) is 74.3 Å². The van der Waals surface area contributed by atoms with Crippen LogP contribution >= 0.6 is 0 Å². The van der Waals surface area contributed by atoms with Gasteiger partial charge in [-0.1, -0.05) is 42.5 Å². The van der Waals surface area contributed by atoms with Gasteiger partial charge < -0.3 is 18.9 Å². The number of amides is 1. The summed E-state index contributed by atoms with van der Waals surface area (Å²) in [4.78, 5) is 26.6. The van der Waals surface area contributed by atoms with Crippen molar-refractivity contribution in [3.8, 4) is 28.4 Å². The third-order valence-electron chi connectivity index (χ3n) is 5.72. The monoisotopic (exact) mass is 531 g/mol. The predicted octanol–water partition coefficient (Wildman–Crippen LogP) is 5.80. The lowest BCUT2D eigenvalue weighted by molar-refractivity contribution is -0.274. The molecule has 0 N–H and O–H groups in total. The van der Waals surface area contributed by atoms with Crippen LogP contribution in [0.3, 0.4) is 0 Å². The van der Waals surface area contributed by atoms with Crippen LogP contribution in [-0.4, -0.2) is 46.1 Å². The Morgan fingerprint density at radius 3 is 2.11 bits per heavy atom. The van der Waals surface area contributed by atoms with Crippen molar-refractivity contribution in [2.24, 2.45) is 0 Å². The second kappa shape index (κ2) is 12.8. The van der Waals surface area contributed by atoms with Crippen LogP contribution < -0.4 is 19.1 Å². The number of alkyl halides is 3. The van der Waals surface area contributed by atoms with Crippen LogP contribution in [0.4, 0.5) is 18.9 Å². The van der Waals surface area contributed by atoms with Crippen molar-refractivity contribution >= 4 is 17.6 Å². The molecule has 7 nitrogen and oxygen atoms in total. The Kier molecular flexibility index (Phi) is 9.59. The molecule has 0 unspecified atom stereocenters. The summed E-state index contributed by atoms with van der Waals surface area (Å²) in [6.45, 7) is 0.183. The summed E-state index contributed by atoms with van der Waals surface area (Å²) >= 11 is 0. The fourth-order valence-electron chi connectivity index (χ4n) is 3.93. The Hall–Kier alpha value is -4.21. The van der Waals surface area contributed by atoms with E-state index in [1.807, 2.05) is 30.3 Å². The molecule has 0 radical (unpaired) electrons. The number of carbonyl (C=O) groups is 2. The van der Waals surface area contributed by atoms with E-state index in [2.05, 4.69) is 9.47 Å². The lowest BCUT2D eigenvalue weighted by atomic mass is 10.0. The number of anilines is 1. The number of hydrogen-bond donors (Lipinski definition) is 0. The minimum absolute atomic E-state index is 0.183. The van der Waals surface area contributed by atoms with Gasteiger partial charge in [0.2, 0.25) is 0 Å². The summed E-state index contributed by atoms with van der Waals surface area (Å²) < 4.78 is 57.3. The number of hydrogen-bond acceptors (Lipinski definition) is 6. The Labute approximate surface area is 218 Å². The first kappa shape index (κ1) is 28.4. The van der Waals surface area contributed by atoms with Crippen molar-refractivity contribution in [2.75, 3.05) is 32.8 Å². The second-order valence-electron chi connectivity index (χ2n) is 8.19. The van der Waals surface area contributed by atoms with E-state index in [4.69, 9.17) is 9.47 Å². The minimum atomic E-state index is -4.81. The van der Waals surface area contributed by atoms with Crippen LogP contribution in [-0.2, 0) is 20.7 Å². The van der Waals surface area contributed by atoms with Crippen LogP contribution in [0.2, 0.25) is 0 Å². The normalized spacial score (nSPS) is 11.0. The van der Waals surface area contributed by atoms with Gasteiger partial charge in [0.25, 0.3) is 0 Å². The van der Waals surface area contributed by atoms with Crippen molar-refractivity contribution in [2.45, 2.75) is 25.6 Å². The molecule has 10 heteroatoms. The number of halogens is 3. The molecular weight excluding hydrogens is 503 g/mol. The van der Waals surface area contributed by atoms with E-state index in [0.717, 1.165) is 25.5 Å². The third-order valence-corrected chi connectivity index (χ3v) is 5.72. The average molecular weight is 532 g/mol. The summed E-state index contributed by atoms with van der Waals surface area (Å²) in [7, 11) is 3.94. The first-order valence-corrected chi connectivity index (χ1v) is 11.7. The van der Waals surface area contributed by atoms with Gasteiger partial charge in [-0.25, -0.2) is 4.79 Å². The molecular formula is C28H28F3NO6. The number of benzene rings is 3. The molecule has 3 aromatic rings. The van der Waals surface area contributed by atoms with Crippen LogP contribution in [0.25, 0.3) is 11.1 Å². The molecule has 202 valence electrons. The summed E-state index contributed by atoms with van der Waals surface area (Å²) in [5.74, 6) is -1.83. The van der Waals surface area contributed by atoms with E-state index >= 15 is 0 Å². The Morgan fingerprint density at radius 1 is 0.842 bits per heavy atom. The van der Waals surface area contributed by atoms with Gasteiger partial charge in [-0.05, 0) is 60.2 Å². The largest absolute Gasteiger partial charge is 0.573 e. The molecule has 0 heterocycles. The summed E-state index contributed by atoms with van der Waals surface area (Å²) in [6.07, 6.45) is -2.72. The molecule has 0 aliphatic rings. The van der Waals surface area contributed by atoms with E-state index < -0.39 is 18.2 Å². The van der Waals surface area contributed by atoms with E-state index in [1.54, 1.807) is 12.1 Å². The molecule has 0 fully saturated rings. The highest BCUT2D eigenvalue weighted by molar-refractivity contribution is 6.38. The number of unbranched alkanes of at least 4 members (excludes halogenated alkanes) is 1. The van der Waals surface area contributed by atoms with Crippen LogP contribution in [0, 0.1) is 0 Å². The molecule has 0 saturated heterocycles. The minimum Gasteiger partial charge on any atom is -0.493 e. The first-order chi connectivity index (χ1) is 18.2. The predicted molar refractivity (Wildman–Crippen MR) is 135 cm³/mol. The van der Waals surface area contributed by atoms with Crippen LogP contribution in [0.5, 0.6) is 17.2 Å². The Morgan fingerprint density at radius 2 is 1.53 bits per heavy atom. The number of carbonyl (C=O) groups excluding carboxylic acids is 2. The van der Waals surface area contributed by atoms with Crippen molar-refractivity contribution in [3.05, 3.63) is 72.3 Å². The summed E-state index contributed by atoms with van der Waals surface area (Å²) in [5.41, 5.74) is 2.45. The molecule has 3 aromatic carbocycles. The van der Waals surface area contributed by atoms with Crippen molar-refractivity contribution < 1.29 is 41.7 Å². The number of nitrogens with zero attached hydrogens (tertiary/aromatic N) is 1. The van der Waals surface area contributed by atoms with Gasteiger partial charge in [-0.2, -0.15) is 0 Å². The number of aryl methyl sites for hydroxylation is 1. The fraction of sp³-hybridized carbons (Fsp3) is 0.286. The number of methoxy groups -OCH3 is 3. The average Bonchev–Trinajstić information content (AvgIpc) is 2.91. The molecule has 38 heavy (non-hydrogen) atoms. The smallest absolute Gasteiger partial charge is 0.493 e. The van der Waals surface area contributed by atoms with E-state index in [9.17, 15) is 22.8 Å². The molecule has 0 atom stereocenters. The molecule has 0 aliphatic carbocycles. The first-order valence-electron chi connectivity index (χ1n) is 11.7. The summed E-state index contributed by atoms with van der Waals surface area (Å²) in [6, 6.07) is 18.3. The highest BCUT2D eigenvalue weighted by atomic mass is 19.4. The van der Waals surface area contributed by atoms with Gasteiger partial charge in [0, 0.05) is 6.54 Å². The maximum atomic E-state index is 13.1. The van der Waals surface area contributed by atoms with Gasteiger partial charge in [0.05, 0.1) is 27.0 Å². The van der Waals surface area contributed by atoms with Gasteiger partial charge >= 0.3 is 18.2 Å². The van der Waals surface area contributed by atoms with Crippen LogP contribution in [0.15, 0.2) is 66.7 Å². The molecule has 0 spiro atoms. The van der Waals surface area contributed by atoms with Crippen molar-refractivity contribution in [1.82, 2.24) is 0 Å². The number of ether oxygens (including phenoxy) is 4. The van der Waals surface area contributed by atoms with E-state index in [-0.39, 0.29) is 29.5 Å². The zero-order chi connectivity index (χ0) is 27.7. The van der Waals surface area contributed by atoms with Gasteiger partial charge in [0.1, 0.15) is 5.75 Å². The standard InChI is InChI=1S/C28H28F3NO6/c1-35-24-18-21(20-12-14-22(15-13-20)38-28(29,30)31)17-23(25(24)36-2)32(26(33)27(34)37-3)16-8-7-11-19-9-5-4-6-10-19/h4-6,9-10,12-15,17-18H,7-8,11,16H2,1-3H3. The van der Waals surface area contributed by atoms with E-state index in [0.29, 0.717) is 17.5 Å². The zero-order valence-corrected chi connectivity index (χ0v) is 21.2. The van der Waals surface area contributed by atoms with Crippen molar-refractivity contribution in [3.63, 3.8) is 0 Å². The molecule has 1 amide bonds. The Bertz CT molecular complexity index is 1230. The summed E-state index contributed by atoms with van der Waals surface area (Å²) in [5, 5.41) is 0. The fourth-order valence-corrected chi connectivity index (χ4v) is 3.93.